The molecule has 0 bridgehead atoms. The highest BCUT2D eigenvalue weighted by atomic mass is 35.5. The largest absolute Gasteiger partial charge is 0.294 e. The molecule has 3 heteroatoms. The second-order valence-electron chi connectivity index (χ2n) is 2.62. The lowest BCUT2D eigenvalue weighted by Gasteiger charge is -2.07. The van der Waals surface area contributed by atoms with Crippen molar-refractivity contribution >= 4 is 29.0 Å². The maximum absolute atomic E-state index is 11.0. The lowest BCUT2D eigenvalue weighted by molar-refractivity contribution is -0.114. The average Bonchev–Trinajstić information content (AvgIpc) is 1.96. The quantitative estimate of drug-likeness (QED) is 0.639. The van der Waals surface area contributed by atoms with Crippen LogP contribution >= 0.6 is 23.2 Å². The van der Waals surface area contributed by atoms with E-state index < -0.39 is 0 Å². The van der Waals surface area contributed by atoms with Crippen LogP contribution in [0.2, 0.25) is 0 Å². The van der Waals surface area contributed by atoms with Gasteiger partial charge < -0.3 is 0 Å². The Labute approximate surface area is 81.4 Å². The third-order valence-corrected chi connectivity index (χ3v) is 1.89. The molecule has 0 aromatic heterocycles. The lowest BCUT2D eigenvalue weighted by Crippen LogP contribution is -2.00. The minimum atomic E-state index is 0.0847. The summed E-state index contributed by atoms with van der Waals surface area (Å²) >= 11 is 11.0. The van der Waals surface area contributed by atoms with Gasteiger partial charge in [0.25, 0.3) is 0 Å². The van der Waals surface area contributed by atoms with Crippen LogP contribution in [-0.2, 0) is 4.79 Å². The number of hydrogen-bond acceptors (Lipinski definition) is 1. The van der Waals surface area contributed by atoms with Crippen molar-refractivity contribution in [3.63, 3.8) is 0 Å². The molecule has 1 aliphatic rings. The van der Waals surface area contributed by atoms with Gasteiger partial charge in [-0.05, 0) is 30.2 Å². The highest BCUT2D eigenvalue weighted by Crippen LogP contribution is 2.21. The molecular formula is C9H8Cl2O. The molecule has 0 N–H and O–H groups in total. The molecule has 0 fully saturated rings. The van der Waals surface area contributed by atoms with Crippen LogP contribution in [0.3, 0.4) is 0 Å². The summed E-state index contributed by atoms with van der Waals surface area (Å²) in [5.41, 5.74) is 1.93. The molecule has 0 saturated heterocycles. The van der Waals surface area contributed by atoms with E-state index in [1.807, 2.05) is 6.92 Å². The summed E-state index contributed by atoms with van der Waals surface area (Å²) in [6.07, 6.45) is 5.34. The third-order valence-electron chi connectivity index (χ3n) is 1.67. The number of halogens is 2. The van der Waals surface area contributed by atoms with Gasteiger partial charge in [0, 0.05) is 6.42 Å². The number of ketones is 1. The second-order valence-corrected chi connectivity index (χ2v) is 3.63. The van der Waals surface area contributed by atoms with Crippen molar-refractivity contribution in [3.8, 4) is 0 Å². The molecule has 0 heterocycles. The normalized spacial score (nSPS) is 16.8. The van der Waals surface area contributed by atoms with Crippen molar-refractivity contribution in [3.05, 3.63) is 33.9 Å². The summed E-state index contributed by atoms with van der Waals surface area (Å²) in [5, 5.41) is 0. The van der Waals surface area contributed by atoms with E-state index in [9.17, 15) is 4.79 Å². The van der Waals surface area contributed by atoms with E-state index in [-0.39, 0.29) is 10.3 Å². The Kier molecular flexibility index (Phi) is 3.12. The number of rotatable bonds is 1. The van der Waals surface area contributed by atoms with Crippen molar-refractivity contribution in [1.29, 1.82) is 0 Å². The van der Waals surface area contributed by atoms with E-state index in [0.717, 1.165) is 11.1 Å². The van der Waals surface area contributed by atoms with Crippen LogP contribution in [0.15, 0.2) is 33.9 Å². The standard InChI is InChI=1S/C9H8Cl2O/c1-6-2-3-8(12)4-7(6)5-9(10)11/h2-3,5H,4H2,1H3. The second kappa shape index (κ2) is 3.92. The van der Waals surface area contributed by atoms with Gasteiger partial charge in [-0.15, -0.1) is 0 Å². The minimum Gasteiger partial charge on any atom is -0.294 e. The van der Waals surface area contributed by atoms with Gasteiger partial charge in [0.05, 0.1) is 0 Å². The molecule has 0 unspecified atom stereocenters. The monoisotopic (exact) mass is 202 g/mol. The van der Waals surface area contributed by atoms with Crippen molar-refractivity contribution in [2.75, 3.05) is 0 Å². The van der Waals surface area contributed by atoms with E-state index in [1.165, 1.54) is 0 Å². The molecule has 0 aliphatic heterocycles. The molecule has 1 nitrogen and oxygen atoms in total. The Hall–Kier alpha value is -0.530. The zero-order valence-electron chi connectivity index (χ0n) is 6.60. The summed E-state index contributed by atoms with van der Waals surface area (Å²) in [7, 11) is 0. The fraction of sp³-hybridized carbons (Fsp3) is 0.222. The van der Waals surface area contributed by atoms with Gasteiger partial charge in [0.2, 0.25) is 0 Å². The predicted molar refractivity (Wildman–Crippen MR) is 51.3 cm³/mol. The van der Waals surface area contributed by atoms with Crippen molar-refractivity contribution in [1.82, 2.24) is 0 Å². The molecule has 0 aromatic rings. The van der Waals surface area contributed by atoms with Gasteiger partial charge in [-0.1, -0.05) is 29.3 Å². The fourth-order valence-corrected chi connectivity index (χ4v) is 1.27. The van der Waals surface area contributed by atoms with Crippen molar-refractivity contribution in [2.24, 2.45) is 0 Å². The minimum absolute atomic E-state index is 0.0847. The number of allylic oxidation sites excluding steroid dienone is 5. The maximum Gasteiger partial charge on any atom is 0.160 e. The predicted octanol–water partition coefficient (Wildman–Crippen LogP) is 3.15. The molecule has 1 rings (SSSR count). The first-order chi connectivity index (χ1) is 5.59. The Morgan fingerprint density at radius 1 is 1.50 bits per heavy atom. The fourth-order valence-electron chi connectivity index (χ4n) is 1.01. The molecular weight excluding hydrogens is 195 g/mol. The van der Waals surface area contributed by atoms with Crippen LogP contribution in [0.5, 0.6) is 0 Å². The zero-order valence-corrected chi connectivity index (χ0v) is 8.12. The van der Waals surface area contributed by atoms with Crippen molar-refractivity contribution < 1.29 is 4.79 Å². The first-order valence-corrected chi connectivity index (χ1v) is 4.28. The van der Waals surface area contributed by atoms with Crippen LogP contribution < -0.4 is 0 Å². The maximum atomic E-state index is 11.0. The SMILES string of the molecule is CC1=C(C=C(Cl)Cl)CC(=O)C=C1. The van der Waals surface area contributed by atoms with Crippen LogP contribution in [0.4, 0.5) is 0 Å². The lowest BCUT2D eigenvalue weighted by atomic mass is 9.98. The van der Waals surface area contributed by atoms with Gasteiger partial charge in [-0.2, -0.15) is 0 Å². The van der Waals surface area contributed by atoms with E-state index in [4.69, 9.17) is 23.2 Å². The van der Waals surface area contributed by atoms with Crippen LogP contribution in [0, 0.1) is 0 Å². The van der Waals surface area contributed by atoms with Gasteiger partial charge in [-0.3, -0.25) is 4.79 Å². The molecule has 0 radical (unpaired) electrons. The van der Waals surface area contributed by atoms with Gasteiger partial charge in [-0.25, -0.2) is 0 Å². The summed E-state index contributed by atoms with van der Waals surface area (Å²) in [6, 6.07) is 0. The first-order valence-electron chi connectivity index (χ1n) is 3.53. The Morgan fingerprint density at radius 3 is 2.75 bits per heavy atom. The van der Waals surface area contributed by atoms with E-state index in [2.05, 4.69) is 0 Å². The number of carbonyl (C=O) groups excluding carboxylic acids is 1. The summed E-state index contributed by atoms with van der Waals surface area (Å²) in [6.45, 7) is 1.92. The average molecular weight is 203 g/mol. The molecule has 0 saturated carbocycles. The third kappa shape index (κ3) is 2.50. The van der Waals surface area contributed by atoms with Gasteiger partial charge >= 0.3 is 0 Å². The molecule has 0 spiro atoms. The molecule has 12 heavy (non-hydrogen) atoms. The topological polar surface area (TPSA) is 17.1 Å². The summed E-state index contributed by atoms with van der Waals surface area (Å²) < 4.78 is 0.187. The number of hydrogen-bond donors (Lipinski definition) is 0. The smallest absolute Gasteiger partial charge is 0.160 e. The Bertz CT molecular complexity index is 294. The highest BCUT2D eigenvalue weighted by molar-refractivity contribution is 6.56. The highest BCUT2D eigenvalue weighted by Gasteiger charge is 2.08. The Morgan fingerprint density at radius 2 is 2.17 bits per heavy atom. The first kappa shape index (κ1) is 9.56. The van der Waals surface area contributed by atoms with Crippen LogP contribution in [0.1, 0.15) is 13.3 Å². The van der Waals surface area contributed by atoms with Crippen LogP contribution in [0.25, 0.3) is 0 Å². The summed E-state index contributed by atoms with van der Waals surface area (Å²) in [5.74, 6) is 0.0847. The van der Waals surface area contributed by atoms with E-state index >= 15 is 0 Å². The molecule has 64 valence electrons. The van der Waals surface area contributed by atoms with Crippen molar-refractivity contribution in [2.45, 2.75) is 13.3 Å². The Balaban J connectivity index is 2.94. The molecule has 0 amide bonds. The van der Waals surface area contributed by atoms with E-state index in [0.29, 0.717) is 6.42 Å². The van der Waals surface area contributed by atoms with E-state index in [1.54, 1.807) is 18.2 Å². The molecule has 0 atom stereocenters. The number of carbonyl (C=O) groups is 1. The summed E-state index contributed by atoms with van der Waals surface area (Å²) in [4.78, 5) is 11.0. The van der Waals surface area contributed by atoms with Crippen LogP contribution in [-0.4, -0.2) is 5.78 Å². The van der Waals surface area contributed by atoms with Gasteiger partial charge in [0.1, 0.15) is 4.49 Å². The molecule has 1 aliphatic carbocycles. The van der Waals surface area contributed by atoms with Gasteiger partial charge in [0.15, 0.2) is 5.78 Å². The molecule has 0 aromatic carbocycles. The zero-order chi connectivity index (χ0) is 9.14.